The van der Waals surface area contributed by atoms with Gasteiger partial charge in [0.1, 0.15) is 5.82 Å². The van der Waals surface area contributed by atoms with E-state index in [0.29, 0.717) is 10.0 Å². The molecule has 0 saturated heterocycles. The lowest BCUT2D eigenvalue weighted by Gasteiger charge is -2.12. The number of nitrogens with zero attached hydrogens (tertiary/aromatic N) is 1. The molecule has 21 heavy (non-hydrogen) atoms. The summed E-state index contributed by atoms with van der Waals surface area (Å²) in [6.07, 6.45) is 0. The van der Waals surface area contributed by atoms with Crippen LogP contribution in [0.1, 0.15) is 11.1 Å². The fraction of sp³-hybridized carbons (Fsp3) is 0.0714. The van der Waals surface area contributed by atoms with E-state index in [1.807, 2.05) is 6.07 Å². The number of benzene rings is 2. The van der Waals surface area contributed by atoms with E-state index in [-0.39, 0.29) is 16.1 Å². The summed E-state index contributed by atoms with van der Waals surface area (Å²) in [5.74, 6) is -0.557. The summed E-state index contributed by atoms with van der Waals surface area (Å²) in [5, 5.41) is 8.87. The maximum Gasteiger partial charge on any atom is 0.262 e. The molecule has 0 atom stereocenters. The highest BCUT2D eigenvalue weighted by molar-refractivity contribution is 9.10. The third-order valence-electron chi connectivity index (χ3n) is 2.78. The smallest absolute Gasteiger partial charge is 0.262 e. The lowest BCUT2D eigenvalue weighted by Crippen LogP contribution is -2.15. The van der Waals surface area contributed by atoms with Crippen LogP contribution in [0.15, 0.2) is 45.8 Å². The molecule has 0 amide bonds. The van der Waals surface area contributed by atoms with Gasteiger partial charge in [0.15, 0.2) is 0 Å². The van der Waals surface area contributed by atoms with Gasteiger partial charge >= 0.3 is 0 Å². The molecule has 0 unspecified atom stereocenters. The lowest BCUT2D eigenvalue weighted by molar-refractivity contribution is 0.600. The topological polar surface area (TPSA) is 70.0 Å². The van der Waals surface area contributed by atoms with E-state index in [1.54, 1.807) is 13.0 Å². The monoisotopic (exact) mass is 368 g/mol. The summed E-state index contributed by atoms with van der Waals surface area (Å²) in [6, 6.07) is 9.95. The molecule has 0 aliphatic heterocycles. The Morgan fingerprint density at radius 1 is 1.24 bits per heavy atom. The predicted octanol–water partition coefficient (Wildman–Crippen LogP) is 3.57. The second-order valence-corrected chi connectivity index (χ2v) is 6.83. The number of rotatable bonds is 3. The maximum absolute atomic E-state index is 13.2. The molecule has 2 rings (SSSR count). The van der Waals surface area contributed by atoms with Gasteiger partial charge in [0, 0.05) is 4.47 Å². The first-order valence-electron chi connectivity index (χ1n) is 5.82. The number of aryl methyl sites for hydroxylation is 1. The van der Waals surface area contributed by atoms with Crippen LogP contribution in [0.4, 0.5) is 10.1 Å². The van der Waals surface area contributed by atoms with E-state index in [9.17, 15) is 12.8 Å². The van der Waals surface area contributed by atoms with E-state index < -0.39 is 15.8 Å². The van der Waals surface area contributed by atoms with Crippen LogP contribution < -0.4 is 4.72 Å². The van der Waals surface area contributed by atoms with Crippen molar-refractivity contribution in [1.82, 2.24) is 0 Å². The molecule has 2 aromatic rings. The minimum Gasteiger partial charge on any atom is -0.278 e. The van der Waals surface area contributed by atoms with Crippen LogP contribution in [0.5, 0.6) is 0 Å². The average Bonchev–Trinajstić information content (AvgIpc) is 2.43. The molecule has 1 N–H and O–H groups in total. The fourth-order valence-electron chi connectivity index (χ4n) is 1.73. The van der Waals surface area contributed by atoms with Gasteiger partial charge in [-0.25, -0.2) is 12.8 Å². The largest absolute Gasteiger partial charge is 0.278 e. The molecule has 0 aromatic heterocycles. The van der Waals surface area contributed by atoms with Crippen LogP contribution >= 0.6 is 15.9 Å². The molecule has 0 aliphatic rings. The zero-order valence-corrected chi connectivity index (χ0v) is 13.3. The molecule has 0 bridgehead atoms. The number of nitriles is 1. The molecule has 0 radical (unpaired) electrons. The molecule has 108 valence electrons. The predicted molar refractivity (Wildman–Crippen MR) is 80.8 cm³/mol. The fourth-order valence-corrected chi connectivity index (χ4v) is 3.55. The standard InChI is InChI=1S/C14H10BrFN2O2S/c1-9-2-3-10(8-17)6-14(9)21(19,20)18-13-7-11(16)4-5-12(13)15/h2-7,18H,1H3. The summed E-state index contributed by atoms with van der Waals surface area (Å²) in [7, 11) is -3.91. The maximum atomic E-state index is 13.2. The molecular formula is C14H10BrFN2O2S. The quantitative estimate of drug-likeness (QED) is 0.899. The van der Waals surface area contributed by atoms with Crippen LogP contribution in [0.3, 0.4) is 0 Å². The van der Waals surface area contributed by atoms with Gasteiger partial charge in [-0.15, -0.1) is 0 Å². The highest BCUT2D eigenvalue weighted by atomic mass is 79.9. The zero-order chi connectivity index (χ0) is 15.6. The number of hydrogen-bond donors (Lipinski definition) is 1. The first-order valence-corrected chi connectivity index (χ1v) is 8.10. The van der Waals surface area contributed by atoms with Gasteiger partial charge in [0.2, 0.25) is 0 Å². The van der Waals surface area contributed by atoms with Crippen LogP contribution in [0.2, 0.25) is 0 Å². The zero-order valence-electron chi connectivity index (χ0n) is 10.9. The third-order valence-corrected chi connectivity index (χ3v) is 4.98. The van der Waals surface area contributed by atoms with Crippen molar-refractivity contribution in [3.63, 3.8) is 0 Å². The Hall–Kier alpha value is -1.91. The minimum absolute atomic E-state index is 0.0160. The van der Waals surface area contributed by atoms with Crippen molar-refractivity contribution in [2.45, 2.75) is 11.8 Å². The van der Waals surface area contributed by atoms with Crippen molar-refractivity contribution in [3.05, 3.63) is 57.8 Å². The Bertz CT molecular complexity index is 845. The summed E-state index contributed by atoms with van der Waals surface area (Å²) in [5.41, 5.74) is 0.824. The van der Waals surface area contributed by atoms with E-state index in [2.05, 4.69) is 20.7 Å². The van der Waals surface area contributed by atoms with Gasteiger partial charge in [-0.2, -0.15) is 5.26 Å². The molecular weight excluding hydrogens is 359 g/mol. The van der Waals surface area contributed by atoms with E-state index in [0.717, 1.165) is 6.07 Å². The number of halogens is 2. The average molecular weight is 369 g/mol. The Labute approximate surface area is 130 Å². The van der Waals surface area contributed by atoms with Crippen molar-refractivity contribution < 1.29 is 12.8 Å². The van der Waals surface area contributed by atoms with Gasteiger partial charge < -0.3 is 0 Å². The summed E-state index contributed by atoms with van der Waals surface area (Å²) in [4.78, 5) is -0.0160. The Balaban J connectivity index is 2.48. The second-order valence-electron chi connectivity index (χ2n) is 4.32. The molecule has 7 heteroatoms. The van der Waals surface area contributed by atoms with Crippen LogP contribution in [0.25, 0.3) is 0 Å². The van der Waals surface area contributed by atoms with Gasteiger partial charge in [0.05, 0.1) is 22.2 Å². The third kappa shape index (κ3) is 3.40. The Morgan fingerprint density at radius 3 is 2.62 bits per heavy atom. The van der Waals surface area contributed by atoms with Gasteiger partial charge in [0.25, 0.3) is 10.0 Å². The SMILES string of the molecule is Cc1ccc(C#N)cc1S(=O)(=O)Nc1cc(F)ccc1Br. The second kappa shape index (κ2) is 5.84. The number of nitrogens with one attached hydrogen (secondary N) is 1. The molecule has 0 aliphatic carbocycles. The van der Waals surface area contributed by atoms with Crippen molar-refractivity contribution in [1.29, 1.82) is 5.26 Å². The van der Waals surface area contributed by atoms with Crippen molar-refractivity contribution in [2.75, 3.05) is 4.72 Å². The minimum atomic E-state index is -3.91. The summed E-state index contributed by atoms with van der Waals surface area (Å²) >= 11 is 3.16. The first-order chi connectivity index (χ1) is 9.83. The van der Waals surface area contributed by atoms with Crippen molar-refractivity contribution >= 4 is 31.6 Å². The van der Waals surface area contributed by atoms with Crippen LogP contribution in [-0.4, -0.2) is 8.42 Å². The number of hydrogen-bond acceptors (Lipinski definition) is 3. The van der Waals surface area contributed by atoms with Gasteiger partial charge in [-0.3, -0.25) is 4.72 Å². The molecule has 0 fully saturated rings. The molecule has 2 aromatic carbocycles. The van der Waals surface area contributed by atoms with Gasteiger partial charge in [-0.05, 0) is 58.7 Å². The molecule has 4 nitrogen and oxygen atoms in total. The van der Waals surface area contributed by atoms with Crippen LogP contribution in [-0.2, 0) is 10.0 Å². The molecule has 0 heterocycles. The highest BCUT2D eigenvalue weighted by Gasteiger charge is 2.19. The first kappa shape index (κ1) is 15.5. The van der Waals surface area contributed by atoms with E-state index in [4.69, 9.17) is 5.26 Å². The normalized spacial score (nSPS) is 11.0. The number of sulfonamides is 1. The summed E-state index contributed by atoms with van der Waals surface area (Å²) in [6.45, 7) is 1.62. The summed E-state index contributed by atoms with van der Waals surface area (Å²) < 4.78 is 40.7. The van der Waals surface area contributed by atoms with E-state index in [1.165, 1.54) is 24.3 Å². The van der Waals surface area contributed by atoms with Crippen LogP contribution in [0, 0.1) is 24.1 Å². The number of anilines is 1. The molecule has 0 spiro atoms. The van der Waals surface area contributed by atoms with E-state index >= 15 is 0 Å². The lowest BCUT2D eigenvalue weighted by atomic mass is 10.2. The van der Waals surface area contributed by atoms with Crippen molar-refractivity contribution in [2.24, 2.45) is 0 Å². The highest BCUT2D eigenvalue weighted by Crippen LogP contribution is 2.27. The Morgan fingerprint density at radius 2 is 1.95 bits per heavy atom. The molecule has 0 saturated carbocycles. The Kier molecular flexibility index (Phi) is 4.30. The van der Waals surface area contributed by atoms with Gasteiger partial charge in [-0.1, -0.05) is 6.07 Å². The van der Waals surface area contributed by atoms with Crippen molar-refractivity contribution in [3.8, 4) is 6.07 Å².